The summed E-state index contributed by atoms with van der Waals surface area (Å²) in [6, 6.07) is 0. The molecule has 0 aliphatic heterocycles. The Morgan fingerprint density at radius 3 is 2.73 bits per heavy atom. The number of hydrogen-bond donors (Lipinski definition) is 1. The highest BCUT2D eigenvalue weighted by Crippen LogP contribution is 1.97. The van der Waals surface area contributed by atoms with E-state index in [0.717, 1.165) is 24.5 Å². The molecule has 0 radical (unpaired) electrons. The Balaban J connectivity index is 2.62. The third-order valence-corrected chi connectivity index (χ3v) is 1.56. The van der Waals surface area contributed by atoms with Gasteiger partial charge >= 0.3 is 0 Å². The molecular weight excluding hydrogens is 140 g/mol. The molecule has 4 nitrogen and oxygen atoms in total. The van der Waals surface area contributed by atoms with Gasteiger partial charge in [0.15, 0.2) is 0 Å². The van der Waals surface area contributed by atoms with E-state index in [-0.39, 0.29) is 0 Å². The van der Waals surface area contributed by atoms with Crippen LogP contribution in [-0.2, 0) is 13.5 Å². The lowest BCUT2D eigenvalue weighted by Gasteiger charge is -1.96. The molecule has 1 rings (SSSR count). The first-order valence-corrected chi connectivity index (χ1v) is 3.80. The van der Waals surface area contributed by atoms with E-state index in [0.29, 0.717) is 6.54 Å². The van der Waals surface area contributed by atoms with Crippen LogP contribution < -0.4 is 5.73 Å². The molecule has 62 valence electrons. The molecule has 1 heterocycles. The lowest BCUT2D eigenvalue weighted by molar-refractivity contribution is 0.672. The Hall–Kier alpha value is -0.900. The van der Waals surface area contributed by atoms with Gasteiger partial charge in [-0.2, -0.15) is 5.10 Å². The second-order valence-electron chi connectivity index (χ2n) is 2.59. The lowest BCUT2D eigenvalue weighted by atomic mass is 10.3. The number of nitrogens with two attached hydrogens (primary N) is 1. The fraction of sp³-hybridized carbons (Fsp3) is 0.714. The Morgan fingerprint density at radius 2 is 2.27 bits per heavy atom. The van der Waals surface area contributed by atoms with Gasteiger partial charge in [0.2, 0.25) is 0 Å². The number of hydrogen-bond acceptors (Lipinski definition) is 3. The minimum Gasteiger partial charge on any atom is -0.330 e. The first-order chi connectivity index (χ1) is 5.24. The Labute approximate surface area is 66.4 Å². The number of rotatable bonds is 3. The maximum absolute atomic E-state index is 5.38. The van der Waals surface area contributed by atoms with Crippen molar-refractivity contribution in [1.29, 1.82) is 0 Å². The van der Waals surface area contributed by atoms with Gasteiger partial charge in [-0.1, -0.05) is 0 Å². The van der Waals surface area contributed by atoms with Gasteiger partial charge in [-0.15, -0.1) is 0 Å². The average molecular weight is 154 g/mol. The van der Waals surface area contributed by atoms with Crippen molar-refractivity contribution in [3.8, 4) is 0 Å². The minimum atomic E-state index is 0.714. The van der Waals surface area contributed by atoms with E-state index in [2.05, 4.69) is 10.1 Å². The van der Waals surface area contributed by atoms with Crippen molar-refractivity contribution in [2.75, 3.05) is 6.54 Å². The minimum absolute atomic E-state index is 0.714. The summed E-state index contributed by atoms with van der Waals surface area (Å²) in [6.07, 6.45) is 1.90. The smallest absolute Gasteiger partial charge is 0.147 e. The van der Waals surface area contributed by atoms with Gasteiger partial charge in [0, 0.05) is 13.5 Å². The zero-order valence-electron chi connectivity index (χ0n) is 7.04. The highest BCUT2D eigenvalue weighted by molar-refractivity contribution is 4.90. The number of aromatic nitrogens is 3. The van der Waals surface area contributed by atoms with E-state index in [4.69, 9.17) is 5.73 Å². The molecule has 0 saturated carbocycles. The number of aryl methyl sites for hydroxylation is 3. The highest BCUT2D eigenvalue weighted by atomic mass is 15.3. The Morgan fingerprint density at radius 1 is 1.55 bits per heavy atom. The molecule has 0 spiro atoms. The summed E-state index contributed by atoms with van der Waals surface area (Å²) in [6.45, 7) is 2.61. The maximum atomic E-state index is 5.38. The lowest BCUT2D eigenvalue weighted by Crippen LogP contribution is -2.04. The van der Waals surface area contributed by atoms with Crippen LogP contribution in [0.2, 0.25) is 0 Å². The molecule has 0 fully saturated rings. The first-order valence-electron chi connectivity index (χ1n) is 3.80. The van der Waals surface area contributed by atoms with Gasteiger partial charge in [0.25, 0.3) is 0 Å². The topological polar surface area (TPSA) is 56.7 Å². The predicted molar refractivity (Wildman–Crippen MR) is 43.1 cm³/mol. The standard InChI is InChI=1S/C7H14N4/c1-6-9-7(4-3-5-8)11(2)10-6/h3-5,8H2,1-2H3. The van der Waals surface area contributed by atoms with E-state index in [1.807, 2.05) is 18.7 Å². The van der Waals surface area contributed by atoms with E-state index < -0.39 is 0 Å². The van der Waals surface area contributed by atoms with Crippen molar-refractivity contribution in [2.45, 2.75) is 19.8 Å². The van der Waals surface area contributed by atoms with Gasteiger partial charge in [-0.3, -0.25) is 4.68 Å². The van der Waals surface area contributed by atoms with Crippen molar-refractivity contribution in [2.24, 2.45) is 12.8 Å². The third kappa shape index (κ3) is 2.01. The van der Waals surface area contributed by atoms with Gasteiger partial charge in [-0.25, -0.2) is 4.98 Å². The van der Waals surface area contributed by atoms with E-state index in [1.54, 1.807) is 0 Å². The van der Waals surface area contributed by atoms with Crippen molar-refractivity contribution in [3.05, 3.63) is 11.6 Å². The zero-order chi connectivity index (χ0) is 8.27. The van der Waals surface area contributed by atoms with Crippen LogP contribution in [0, 0.1) is 6.92 Å². The molecule has 0 amide bonds. The molecule has 0 unspecified atom stereocenters. The van der Waals surface area contributed by atoms with Gasteiger partial charge < -0.3 is 5.73 Å². The van der Waals surface area contributed by atoms with Crippen molar-refractivity contribution >= 4 is 0 Å². The summed E-state index contributed by atoms with van der Waals surface area (Å²) < 4.78 is 1.81. The fourth-order valence-corrected chi connectivity index (χ4v) is 1.03. The molecule has 11 heavy (non-hydrogen) atoms. The molecule has 0 aliphatic carbocycles. The average Bonchev–Trinajstić information content (AvgIpc) is 2.26. The van der Waals surface area contributed by atoms with Crippen LogP contribution in [0.5, 0.6) is 0 Å². The fourth-order valence-electron chi connectivity index (χ4n) is 1.03. The SMILES string of the molecule is Cc1nc(CCCN)n(C)n1. The van der Waals surface area contributed by atoms with Crippen LogP contribution in [-0.4, -0.2) is 21.3 Å². The summed E-state index contributed by atoms with van der Waals surface area (Å²) in [4.78, 5) is 4.24. The molecule has 1 aromatic heterocycles. The summed E-state index contributed by atoms with van der Waals surface area (Å²) >= 11 is 0. The summed E-state index contributed by atoms with van der Waals surface area (Å²) in [5, 5.41) is 4.13. The van der Waals surface area contributed by atoms with Gasteiger partial charge in [0.1, 0.15) is 11.6 Å². The third-order valence-electron chi connectivity index (χ3n) is 1.56. The predicted octanol–water partition coefficient (Wildman–Crippen LogP) is 0.0148. The normalized spacial score (nSPS) is 10.5. The van der Waals surface area contributed by atoms with Gasteiger partial charge in [-0.05, 0) is 19.9 Å². The largest absolute Gasteiger partial charge is 0.330 e. The van der Waals surface area contributed by atoms with Crippen molar-refractivity contribution in [1.82, 2.24) is 14.8 Å². The molecule has 0 saturated heterocycles. The molecule has 0 aliphatic rings. The van der Waals surface area contributed by atoms with Crippen LogP contribution in [0.25, 0.3) is 0 Å². The molecule has 0 bridgehead atoms. The molecule has 4 heteroatoms. The molecular formula is C7H14N4. The second kappa shape index (κ2) is 3.48. The maximum Gasteiger partial charge on any atom is 0.147 e. The Kier molecular flexibility index (Phi) is 2.59. The highest BCUT2D eigenvalue weighted by Gasteiger charge is 2.01. The van der Waals surface area contributed by atoms with E-state index >= 15 is 0 Å². The van der Waals surface area contributed by atoms with E-state index in [9.17, 15) is 0 Å². The number of nitrogens with zero attached hydrogens (tertiary/aromatic N) is 3. The Bertz CT molecular complexity index is 228. The quantitative estimate of drug-likeness (QED) is 0.667. The van der Waals surface area contributed by atoms with Crippen LogP contribution >= 0.6 is 0 Å². The van der Waals surface area contributed by atoms with E-state index in [1.165, 1.54) is 0 Å². The molecule has 0 atom stereocenters. The molecule has 1 aromatic rings. The van der Waals surface area contributed by atoms with Crippen LogP contribution in [0.3, 0.4) is 0 Å². The molecule has 0 aromatic carbocycles. The van der Waals surface area contributed by atoms with Gasteiger partial charge in [0.05, 0.1) is 0 Å². The van der Waals surface area contributed by atoms with Crippen LogP contribution in [0.1, 0.15) is 18.1 Å². The van der Waals surface area contributed by atoms with Crippen molar-refractivity contribution in [3.63, 3.8) is 0 Å². The van der Waals surface area contributed by atoms with Crippen LogP contribution in [0.15, 0.2) is 0 Å². The summed E-state index contributed by atoms with van der Waals surface area (Å²) in [5.74, 6) is 1.85. The first kappa shape index (κ1) is 8.20. The monoisotopic (exact) mass is 154 g/mol. The zero-order valence-corrected chi connectivity index (χ0v) is 7.04. The summed E-state index contributed by atoms with van der Waals surface area (Å²) in [5.41, 5.74) is 5.38. The summed E-state index contributed by atoms with van der Waals surface area (Å²) in [7, 11) is 1.91. The van der Waals surface area contributed by atoms with Crippen LogP contribution in [0.4, 0.5) is 0 Å². The second-order valence-corrected chi connectivity index (χ2v) is 2.59. The molecule has 2 N–H and O–H groups in total. The van der Waals surface area contributed by atoms with Crippen molar-refractivity contribution < 1.29 is 0 Å².